The summed E-state index contributed by atoms with van der Waals surface area (Å²) in [7, 11) is 3.20. The number of hydrogen-bond donors (Lipinski definition) is 2. The van der Waals surface area contributed by atoms with E-state index >= 15 is 0 Å². The normalized spacial score (nSPS) is 15.3. The summed E-state index contributed by atoms with van der Waals surface area (Å²) in [6.07, 6.45) is 0. The second-order valence-electron chi connectivity index (χ2n) is 6.72. The molecule has 1 unspecified atom stereocenters. The fraction of sp³-hybridized carbons (Fsp3) is 0.182. The Labute approximate surface area is 168 Å². The van der Waals surface area contributed by atoms with Crippen molar-refractivity contribution in [2.45, 2.75) is 12.8 Å². The van der Waals surface area contributed by atoms with Crippen LogP contribution in [-0.4, -0.2) is 24.4 Å². The molecule has 3 N–H and O–H groups in total. The Morgan fingerprint density at radius 3 is 2.55 bits per heavy atom. The van der Waals surface area contributed by atoms with Crippen molar-refractivity contribution < 1.29 is 14.2 Å². The van der Waals surface area contributed by atoms with Gasteiger partial charge in [-0.15, -0.1) is 5.10 Å². The number of benzene rings is 2. The van der Waals surface area contributed by atoms with Crippen molar-refractivity contribution in [1.82, 2.24) is 10.2 Å². The van der Waals surface area contributed by atoms with Gasteiger partial charge in [-0.05, 0) is 30.7 Å². The predicted molar refractivity (Wildman–Crippen MR) is 108 cm³/mol. The summed E-state index contributed by atoms with van der Waals surface area (Å²) in [4.78, 5) is 0. The Hall–Kier alpha value is -3.92. The predicted octanol–water partition coefficient (Wildman–Crippen LogP) is 3.62. The molecule has 0 spiro atoms. The summed E-state index contributed by atoms with van der Waals surface area (Å²) in [6.45, 7) is 2.01. The molecule has 0 saturated heterocycles. The highest BCUT2D eigenvalue weighted by Crippen LogP contribution is 2.47. The summed E-state index contributed by atoms with van der Waals surface area (Å²) in [5.74, 6) is 1.28. The van der Waals surface area contributed by atoms with E-state index < -0.39 is 5.92 Å². The summed E-state index contributed by atoms with van der Waals surface area (Å²) in [5, 5.41) is 17.2. The Morgan fingerprint density at radius 2 is 1.90 bits per heavy atom. The van der Waals surface area contributed by atoms with Gasteiger partial charge in [-0.2, -0.15) is 5.26 Å². The largest absolute Gasteiger partial charge is 0.497 e. The van der Waals surface area contributed by atoms with Crippen LogP contribution >= 0.6 is 0 Å². The van der Waals surface area contributed by atoms with Crippen LogP contribution in [-0.2, 0) is 0 Å². The zero-order valence-corrected chi connectivity index (χ0v) is 16.3. The van der Waals surface area contributed by atoms with Gasteiger partial charge in [0.05, 0.1) is 31.4 Å². The fourth-order valence-corrected chi connectivity index (χ4v) is 3.55. The number of H-pyrrole nitrogens is 1. The third-order valence-corrected chi connectivity index (χ3v) is 5.03. The summed E-state index contributed by atoms with van der Waals surface area (Å²) in [6, 6.07) is 15.7. The molecule has 1 atom stereocenters. The van der Waals surface area contributed by atoms with Crippen LogP contribution in [0.4, 0.5) is 0 Å². The Bertz CT molecular complexity index is 1140. The Balaban J connectivity index is 1.97. The number of aromatic amines is 1. The lowest BCUT2D eigenvalue weighted by atomic mass is 9.82. The first-order chi connectivity index (χ1) is 14.1. The second kappa shape index (κ2) is 7.24. The topological polar surface area (TPSA) is 106 Å². The minimum absolute atomic E-state index is 0.0567. The first-order valence-corrected chi connectivity index (χ1v) is 9.02. The third kappa shape index (κ3) is 3.05. The van der Waals surface area contributed by atoms with Gasteiger partial charge in [-0.3, -0.25) is 5.10 Å². The van der Waals surface area contributed by atoms with Crippen molar-refractivity contribution in [3.63, 3.8) is 0 Å². The van der Waals surface area contributed by atoms with Gasteiger partial charge in [0.15, 0.2) is 0 Å². The molecule has 29 heavy (non-hydrogen) atoms. The number of fused-ring (bicyclic) bond motifs is 1. The van der Waals surface area contributed by atoms with Crippen LogP contribution in [0.25, 0.3) is 11.3 Å². The molecule has 1 aromatic heterocycles. The van der Waals surface area contributed by atoms with Crippen LogP contribution in [0.5, 0.6) is 17.4 Å². The average molecular weight is 388 g/mol. The zero-order valence-electron chi connectivity index (χ0n) is 16.3. The number of aryl methyl sites for hydroxylation is 1. The first kappa shape index (κ1) is 18.4. The van der Waals surface area contributed by atoms with Crippen LogP contribution in [0.15, 0.2) is 53.9 Å². The van der Waals surface area contributed by atoms with Crippen molar-refractivity contribution in [3.05, 3.63) is 70.6 Å². The van der Waals surface area contributed by atoms with Crippen LogP contribution in [0.1, 0.15) is 22.6 Å². The van der Waals surface area contributed by atoms with E-state index in [1.54, 1.807) is 14.2 Å². The van der Waals surface area contributed by atoms with Gasteiger partial charge >= 0.3 is 0 Å². The number of nitrogens with one attached hydrogen (secondary N) is 1. The average Bonchev–Trinajstić information content (AvgIpc) is 3.16. The summed E-state index contributed by atoms with van der Waals surface area (Å²) >= 11 is 0. The zero-order chi connectivity index (χ0) is 20.5. The van der Waals surface area contributed by atoms with E-state index in [-0.39, 0.29) is 5.88 Å². The minimum atomic E-state index is -0.422. The van der Waals surface area contributed by atoms with Gasteiger partial charge in [-0.1, -0.05) is 29.8 Å². The van der Waals surface area contributed by atoms with E-state index in [9.17, 15) is 5.26 Å². The highest BCUT2D eigenvalue weighted by molar-refractivity contribution is 5.76. The molecule has 7 nitrogen and oxygen atoms in total. The molecule has 2 aromatic carbocycles. The highest BCUT2D eigenvalue weighted by Gasteiger charge is 2.36. The first-order valence-electron chi connectivity index (χ1n) is 9.02. The molecule has 1 aliphatic heterocycles. The van der Waals surface area contributed by atoms with Gasteiger partial charge in [-0.25, -0.2) is 0 Å². The fourth-order valence-electron chi connectivity index (χ4n) is 3.55. The lowest BCUT2D eigenvalue weighted by Gasteiger charge is -2.24. The monoisotopic (exact) mass is 388 g/mol. The molecule has 146 valence electrons. The van der Waals surface area contributed by atoms with E-state index in [2.05, 4.69) is 16.3 Å². The van der Waals surface area contributed by atoms with E-state index in [1.165, 1.54) is 0 Å². The molecule has 2 heterocycles. The molecule has 0 bridgehead atoms. The molecule has 4 rings (SSSR count). The number of nitriles is 1. The standard InChI is InChI=1S/C22H20N4O3/c1-12-4-6-13(7-5-12)18-16(11-23)21(24)29-22-19(18)20(25-26-22)15-10-14(27-2)8-9-17(15)28-3/h4-10,18H,24H2,1-3H3,(H,25,26). The SMILES string of the molecule is COc1ccc(OC)c(-c2[nH]nc3c2C(c2ccc(C)cc2)C(C#N)=C(N)O3)c1. The van der Waals surface area contributed by atoms with Crippen molar-refractivity contribution in [1.29, 1.82) is 5.26 Å². The van der Waals surface area contributed by atoms with Crippen LogP contribution < -0.4 is 19.9 Å². The molecule has 0 aliphatic carbocycles. The van der Waals surface area contributed by atoms with Gasteiger partial charge in [0.25, 0.3) is 0 Å². The lowest BCUT2D eigenvalue weighted by molar-refractivity contribution is 0.379. The molecule has 0 fully saturated rings. The number of allylic oxidation sites excluding steroid dienone is 1. The van der Waals surface area contributed by atoms with Crippen molar-refractivity contribution in [3.8, 4) is 34.7 Å². The van der Waals surface area contributed by atoms with Crippen molar-refractivity contribution in [2.75, 3.05) is 14.2 Å². The van der Waals surface area contributed by atoms with Crippen molar-refractivity contribution >= 4 is 0 Å². The molecule has 1 aliphatic rings. The highest BCUT2D eigenvalue weighted by atomic mass is 16.5. The van der Waals surface area contributed by atoms with Crippen LogP contribution in [0.3, 0.4) is 0 Å². The smallest absolute Gasteiger partial charge is 0.244 e. The Morgan fingerprint density at radius 1 is 1.14 bits per heavy atom. The van der Waals surface area contributed by atoms with E-state index in [0.717, 1.165) is 22.3 Å². The van der Waals surface area contributed by atoms with Gasteiger partial charge in [0, 0.05) is 5.56 Å². The molecule has 0 radical (unpaired) electrons. The van der Waals surface area contributed by atoms with E-state index in [4.69, 9.17) is 19.9 Å². The molecular weight excluding hydrogens is 368 g/mol. The molecule has 0 saturated carbocycles. The van der Waals surface area contributed by atoms with Gasteiger partial charge in [0.1, 0.15) is 23.1 Å². The maximum Gasteiger partial charge on any atom is 0.244 e. The van der Waals surface area contributed by atoms with Gasteiger partial charge in [0.2, 0.25) is 11.8 Å². The number of rotatable bonds is 4. The van der Waals surface area contributed by atoms with E-state index in [1.807, 2.05) is 49.4 Å². The van der Waals surface area contributed by atoms with Crippen LogP contribution in [0, 0.1) is 18.3 Å². The third-order valence-electron chi connectivity index (χ3n) is 5.03. The minimum Gasteiger partial charge on any atom is -0.497 e. The number of ether oxygens (including phenoxy) is 3. The number of nitrogens with zero attached hydrogens (tertiary/aromatic N) is 2. The molecule has 3 aromatic rings. The Kier molecular flexibility index (Phi) is 4.61. The number of methoxy groups -OCH3 is 2. The maximum atomic E-state index is 9.81. The summed E-state index contributed by atoms with van der Waals surface area (Å²) in [5.41, 5.74) is 10.6. The van der Waals surface area contributed by atoms with Gasteiger partial charge < -0.3 is 19.9 Å². The second-order valence-corrected chi connectivity index (χ2v) is 6.72. The quantitative estimate of drug-likeness (QED) is 0.707. The number of hydrogen-bond acceptors (Lipinski definition) is 6. The number of aromatic nitrogens is 2. The molecular formula is C22H20N4O3. The molecule has 0 amide bonds. The van der Waals surface area contributed by atoms with E-state index in [0.29, 0.717) is 28.6 Å². The molecule has 7 heteroatoms. The summed E-state index contributed by atoms with van der Waals surface area (Å²) < 4.78 is 16.6. The van der Waals surface area contributed by atoms with Crippen molar-refractivity contribution in [2.24, 2.45) is 5.73 Å². The maximum absolute atomic E-state index is 9.81. The van der Waals surface area contributed by atoms with Crippen LogP contribution in [0.2, 0.25) is 0 Å². The lowest BCUT2D eigenvalue weighted by Crippen LogP contribution is -2.21. The number of nitrogens with two attached hydrogens (primary N) is 1.